The summed E-state index contributed by atoms with van der Waals surface area (Å²) in [6.07, 6.45) is 2.55. The van der Waals surface area contributed by atoms with Crippen LogP contribution in [0, 0.1) is 13.8 Å². The van der Waals surface area contributed by atoms with Gasteiger partial charge >= 0.3 is 0 Å². The highest BCUT2D eigenvalue weighted by molar-refractivity contribution is 7.80. The van der Waals surface area contributed by atoms with Crippen molar-refractivity contribution in [3.8, 4) is 0 Å². The van der Waals surface area contributed by atoms with Crippen molar-refractivity contribution >= 4 is 23.0 Å². The first-order valence-corrected chi connectivity index (χ1v) is 7.04. The SMILES string of the molecule is Cc1cc(C)cc(NNC(=S)NC[C@H]2CCCO2)c1. The zero-order valence-corrected chi connectivity index (χ0v) is 12.3. The van der Waals surface area contributed by atoms with E-state index in [2.05, 4.69) is 48.2 Å². The number of thiocarbonyl (C=S) groups is 1. The van der Waals surface area contributed by atoms with Gasteiger partial charge in [-0.25, -0.2) is 0 Å². The molecule has 1 fully saturated rings. The number of anilines is 1. The molecular formula is C14H21N3OS. The molecule has 0 unspecified atom stereocenters. The average Bonchev–Trinajstić information content (AvgIpc) is 2.86. The molecule has 1 aromatic rings. The van der Waals surface area contributed by atoms with Gasteiger partial charge in [-0.15, -0.1) is 0 Å². The number of rotatable bonds is 4. The standard InChI is InChI=1S/C14H21N3OS/c1-10-6-11(2)8-12(7-10)16-17-14(19)15-9-13-4-3-5-18-13/h6-8,13,16H,3-5,9H2,1-2H3,(H2,15,17,19)/t13-/m1/s1. The number of aryl methyl sites for hydroxylation is 2. The first kappa shape index (κ1) is 14.1. The lowest BCUT2D eigenvalue weighted by Gasteiger charge is -2.15. The number of hydrazine groups is 1. The van der Waals surface area contributed by atoms with Gasteiger partial charge in [-0.05, 0) is 62.2 Å². The van der Waals surface area contributed by atoms with Gasteiger partial charge in [0, 0.05) is 13.2 Å². The van der Waals surface area contributed by atoms with Gasteiger partial charge in [0.25, 0.3) is 0 Å². The summed E-state index contributed by atoms with van der Waals surface area (Å²) in [4.78, 5) is 0. The molecule has 1 atom stereocenters. The van der Waals surface area contributed by atoms with Gasteiger partial charge in [-0.2, -0.15) is 0 Å². The molecule has 0 bridgehead atoms. The Morgan fingerprint density at radius 3 is 2.68 bits per heavy atom. The summed E-state index contributed by atoms with van der Waals surface area (Å²) in [5.41, 5.74) is 9.56. The lowest BCUT2D eigenvalue weighted by Crippen LogP contribution is -2.41. The van der Waals surface area contributed by atoms with E-state index in [1.165, 1.54) is 11.1 Å². The third kappa shape index (κ3) is 4.69. The number of hydrogen-bond acceptors (Lipinski definition) is 3. The summed E-state index contributed by atoms with van der Waals surface area (Å²) in [6.45, 7) is 5.78. The molecule has 1 aromatic carbocycles. The van der Waals surface area contributed by atoms with Crippen LogP contribution in [0.25, 0.3) is 0 Å². The molecule has 0 aromatic heterocycles. The van der Waals surface area contributed by atoms with Crippen molar-refractivity contribution in [2.24, 2.45) is 0 Å². The molecule has 4 nitrogen and oxygen atoms in total. The van der Waals surface area contributed by atoms with E-state index in [1.54, 1.807) is 0 Å². The summed E-state index contributed by atoms with van der Waals surface area (Å²) in [6, 6.07) is 6.28. The molecular weight excluding hydrogens is 258 g/mol. The van der Waals surface area contributed by atoms with E-state index < -0.39 is 0 Å². The van der Waals surface area contributed by atoms with E-state index in [9.17, 15) is 0 Å². The van der Waals surface area contributed by atoms with E-state index in [1.807, 2.05) is 0 Å². The lowest BCUT2D eigenvalue weighted by molar-refractivity contribution is 0.114. The zero-order chi connectivity index (χ0) is 13.7. The molecule has 1 aliphatic rings. The first-order valence-electron chi connectivity index (χ1n) is 6.63. The number of ether oxygens (including phenoxy) is 1. The van der Waals surface area contributed by atoms with Crippen LogP contribution in [0.15, 0.2) is 18.2 Å². The van der Waals surface area contributed by atoms with E-state index in [0.717, 1.165) is 31.7 Å². The Kier molecular flexibility index (Phi) is 4.99. The van der Waals surface area contributed by atoms with E-state index in [0.29, 0.717) is 11.2 Å². The molecule has 19 heavy (non-hydrogen) atoms. The largest absolute Gasteiger partial charge is 0.376 e. The van der Waals surface area contributed by atoms with Gasteiger partial charge in [0.05, 0.1) is 11.8 Å². The Morgan fingerprint density at radius 1 is 1.32 bits per heavy atom. The maximum absolute atomic E-state index is 5.53. The molecule has 1 aliphatic heterocycles. The normalized spacial score (nSPS) is 18.1. The first-order chi connectivity index (χ1) is 9.13. The topological polar surface area (TPSA) is 45.3 Å². The number of benzene rings is 1. The average molecular weight is 279 g/mol. The van der Waals surface area contributed by atoms with Gasteiger partial charge in [0.1, 0.15) is 0 Å². The maximum Gasteiger partial charge on any atom is 0.185 e. The van der Waals surface area contributed by atoms with Crippen molar-refractivity contribution in [3.05, 3.63) is 29.3 Å². The van der Waals surface area contributed by atoms with Crippen molar-refractivity contribution in [3.63, 3.8) is 0 Å². The summed E-state index contributed by atoms with van der Waals surface area (Å²) in [7, 11) is 0. The fourth-order valence-electron chi connectivity index (χ4n) is 2.23. The van der Waals surface area contributed by atoms with Crippen LogP contribution < -0.4 is 16.2 Å². The lowest BCUT2D eigenvalue weighted by atomic mass is 10.1. The minimum Gasteiger partial charge on any atom is -0.376 e. The molecule has 0 spiro atoms. The van der Waals surface area contributed by atoms with Crippen molar-refractivity contribution in [2.45, 2.75) is 32.8 Å². The zero-order valence-electron chi connectivity index (χ0n) is 11.5. The van der Waals surface area contributed by atoms with Crippen LogP contribution >= 0.6 is 12.2 Å². The molecule has 0 saturated carbocycles. The Bertz CT molecular complexity index is 424. The molecule has 2 rings (SSSR count). The molecule has 5 heteroatoms. The smallest absolute Gasteiger partial charge is 0.185 e. The van der Waals surface area contributed by atoms with Gasteiger partial charge in [0.2, 0.25) is 0 Å². The fraction of sp³-hybridized carbons (Fsp3) is 0.500. The van der Waals surface area contributed by atoms with Gasteiger partial charge < -0.3 is 10.1 Å². The third-order valence-corrected chi connectivity index (χ3v) is 3.30. The number of nitrogens with one attached hydrogen (secondary N) is 3. The fourth-order valence-corrected chi connectivity index (χ4v) is 2.37. The van der Waals surface area contributed by atoms with Gasteiger partial charge in [-0.3, -0.25) is 10.9 Å². The predicted molar refractivity (Wildman–Crippen MR) is 82.2 cm³/mol. The van der Waals surface area contributed by atoms with E-state index >= 15 is 0 Å². The summed E-state index contributed by atoms with van der Waals surface area (Å²) in [5, 5.41) is 3.75. The molecule has 1 saturated heterocycles. The maximum atomic E-state index is 5.53. The summed E-state index contributed by atoms with van der Waals surface area (Å²) < 4.78 is 5.53. The second-order valence-electron chi connectivity index (χ2n) is 4.97. The Labute approximate surface area is 119 Å². The van der Waals surface area contributed by atoms with Crippen LogP contribution in [0.2, 0.25) is 0 Å². The molecule has 3 N–H and O–H groups in total. The Balaban J connectivity index is 1.73. The minimum absolute atomic E-state index is 0.293. The van der Waals surface area contributed by atoms with Crippen molar-refractivity contribution < 1.29 is 4.74 Å². The van der Waals surface area contributed by atoms with Gasteiger partial charge in [0.15, 0.2) is 5.11 Å². The number of hydrogen-bond donors (Lipinski definition) is 3. The van der Waals surface area contributed by atoms with Crippen molar-refractivity contribution in [1.82, 2.24) is 10.7 Å². The van der Waals surface area contributed by atoms with Crippen molar-refractivity contribution in [1.29, 1.82) is 0 Å². The molecule has 104 valence electrons. The highest BCUT2D eigenvalue weighted by Gasteiger charge is 2.15. The minimum atomic E-state index is 0.293. The predicted octanol–water partition coefficient (Wildman–Crippen LogP) is 2.27. The highest BCUT2D eigenvalue weighted by Crippen LogP contribution is 2.12. The van der Waals surface area contributed by atoms with Crippen molar-refractivity contribution in [2.75, 3.05) is 18.6 Å². The van der Waals surface area contributed by atoms with E-state index in [-0.39, 0.29) is 0 Å². The quantitative estimate of drug-likeness (QED) is 0.583. The van der Waals surface area contributed by atoms with Crippen LogP contribution in [0.1, 0.15) is 24.0 Å². The third-order valence-electron chi connectivity index (χ3n) is 3.06. The molecule has 0 aliphatic carbocycles. The summed E-state index contributed by atoms with van der Waals surface area (Å²) in [5.74, 6) is 0. The van der Waals surface area contributed by atoms with Crippen LogP contribution in [-0.2, 0) is 4.74 Å². The second-order valence-corrected chi connectivity index (χ2v) is 5.38. The second kappa shape index (κ2) is 6.73. The van der Waals surface area contributed by atoms with E-state index in [4.69, 9.17) is 17.0 Å². The van der Waals surface area contributed by atoms with Crippen LogP contribution in [0.5, 0.6) is 0 Å². The van der Waals surface area contributed by atoms with Crippen LogP contribution in [0.3, 0.4) is 0 Å². The molecule has 0 amide bonds. The van der Waals surface area contributed by atoms with Gasteiger partial charge in [-0.1, -0.05) is 6.07 Å². The molecule has 1 heterocycles. The highest BCUT2D eigenvalue weighted by atomic mass is 32.1. The Hall–Kier alpha value is -1.33. The molecule has 0 radical (unpaired) electrons. The van der Waals surface area contributed by atoms with Crippen LogP contribution in [0.4, 0.5) is 5.69 Å². The summed E-state index contributed by atoms with van der Waals surface area (Å²) >= 11 is 5.21. The monoisotopic (exact) mass is 279 g/mol. The van der Waals surface area contributed by atoms with Crippen LogP contribution in [-0.4, -0.2) is 24.4 Å². The Morgan fingerprint density at radius 2 is 2.05 bits per heavy atom.